The Kier molecular flexibility index (Phi) is 5.97. The second-order valence-corrected chi connectivity index (χ2v) is 6.15. The minimum atomic E-state index is -2.77. The maximum atomic E-state index is 12.3. The van der Waals surface area contributed by atoms with Crippen molar-refractivity contribution in [2.24, 2.45) is 5.92 Å². The molecule has 21 heavy (non-hydrogen) atoms. The van der Waals surface area contributed by atoms with Gasteiger partial charge in [0, 0.05) is 12.1 Å². The standard InChI is InChI=1S/C17H25F2NO/c1-12-5-3-7-15(10-9-12)20-13(2)14-6-4-8-16(11-14)21-17(18)19/h4,6,8,11-13,15,17,20H,3,5,7,9-10H2,1-2H3. The molecular weight excluding hydrogens is 272 g/mol. The summed E-state index contributed by atoms with van der Waals surface area (Å²) in [7, 11) is 0. The van der Waals surface area contributed by atoms with E-state index in [-0.39, 0.29) is 11.8 Å². The molecule has 0 aromatic heterocycles. The van der Waals surface area contributed by atoms with E-state index in [4.69, 9.17) is 0 Å². The average molecular weight is 297 g/mol. The normalized spacial score (nSPS) is 24.6. The highest BCUT2D eigenvalue weighted by atomic mass is 19.3. The highest BCUT2D eigenvalue weighted by Crippen LogP contribution is 2.26. The molecule has 1 aliphatic carbocycles. The van der Waals surface area contributed by atoms with E-state index in [0.29, 0.717) is 6.04 Å². The molecule has 0 saturated heterocycles. The fourth-order valence-electron chi connectivity index (χ4n) is 3.06. The van der Waals surface area contributed by atoms with Crippen molar-refractivity contribution in [2.75, 3.05) is 0 Å². The molecular formula is C17H25F2NO. The van der Waals surface area contributed by atoms with Crippen molar-refractivity contribution in [1.82, 2.24) is 5.32 Å². The molecule has 3 unspecified atom stereocenters. The maximum absolute atomic E-state index is 12.3. The number of nitrogens with one attached hydrogen (secondary N) is 1. The van der Waals surface area contributed by atoms with Crippen LogP contribution in [0.3, 0.4) is 0 Å². The van der Waals surface area contributed by atoms with Crippen molar-refractivity contribution in [3.05, 3.63) is 29.8 Å². The van der Waals surface area contributed by atoms with Crippen molar-refractivity contribution in [1.29, 1.82) is 0 Å². The van der Waals surface area contributed by atoms with Gasteiger partial charge >= 0.3 is 6.61 Å². The first kappa shape index (κ1) is 16.2. The van der Waals surface area contributed by atoms with Gasteiger partial charge in [-0.25, -0.2) is 0 Å². The molecule has 0 radical (unpaired) electrons. The van der Waals surface area contributed by atoms with Crippen molar-refractivity contribution in [3.63, 3.8) is 0 Å². The van der Waals surface area contributed by atoms with Gasteiger partial charge in [-0.2, -0.15) is 8.78 Å². The zero-order valence-corrected chi connectivity index (χ0v) is 12.8. The molecule has 2 rings (SSSR count). The molecule has 118 valence electrons. The largest absolute Gasteiger partial charge is 0.435 e. The molecule has 4 heteroatoms. The fourth-order valence-corrected chi connectivity index (χ4v) is 3.06. The monoisotopic (exact) mass is 297 g/mol. The van der Waals surface area contributed by atoms with Gasteiger partial charge in [-0.3, -0.25) is 0 Å². The van der Waals surface area contributed by atoms with Crippen LogP contribution in [0.25, 0.3) is 0 Å². The van der Waals surface area contributed by atoms with Gasteiger partial charge in [-0.1, -0.05) is 31.9 Å². The van der Waals surface area contributed by atoms with Crippen LogP contribution in [0.5, 0.6) is 5.75 Å². The predicted octanol–water partition coefficient (Wildman–Crippen LogP) is 4.91. The first-order valence-electron chi connectivity index (χ1n) is 7.85. The summed E-state index contributed by atoms with van der Waals surface area (Å²) in [6, 6.07) is 7.64. The Morgan fingerprint density at radius 1 is 1.19 bits per heavy atom. The topological polar surface area (TPSA) is 21.3 Å². The minimum absolute atomic E-state index is 0.143. The van der Waals surface area contributed by atoms with E-state index in [1.54, 1.807) is 18.2 Å². The van der Waals surface area contributed by atoms with Crippen LogP contribution in [0.4, 0.5) is 8.78 Å². The molecule has 1 aromatic rings. The summed E-state index contributed by atoms with van der Waals surface area (Å²) < 4.78 is 29.0. The molecule has 1 aromatic carbocycles. The van der Waals surface area contributed by atoms with Gasteiger partial charge in [0.1, 0.15) is 5.75 Å². The van der Waals surface area contributed by atoms with Crippen LogP contribution in [0.1, 0.15) is 57.6 Å². The molecule has 0 spiro atoms. The lowest BCUT2D eigenvalue weighted by Gasteiger charge is -2.23. The average Bonchev–Trinajstić information content (AvgIpc) is 2.63. The summed E-state index contributed by atoms with van der Waals surface area (Å²) in [5.74, 6) is 1.04. The molecule has 1 saturated carbocycles. The lowest BCUT2D eigenvalue weighted by molar-refractivity contribution is -0.0499. The van der Waals surface area contributed by atoms with Crippen LogP contribution in [0.2, 0.25) is 0 Å². The third-order valence-corrected chi connectivity index (χ3v) is 4.33. The SMILES string of the molecule is CC1CCCC(NC(C)c2cccc(OC(F)F)c2)CC1. The van der Waals surface area contributed by atoms with Gasteiger partial charge in [0.15, 0.2) is 0 Å². The van der Waals surface area contributed by atoms with Crippen LogP contribution in [0.15, 0.2) is 24.3 Å². The summed E-state index contributed by atoms with van der Waals surface area (Å²) >= 11 is 0. The molecule has 1 fully saturated rings. The Hall–Kier alpha value is -1.16. The molecule has 0 heterocycles. The summed E-state index contributed by atoms with van der Waals surface area (Å²) in [5, 5.41) is 3.63. The molecule has 3 atom stereocenters. The van der Waals surface area contributed by atoms with Crippen molar-refractivity contribution >= 4 is 0 Å². The molecule has 0 amide bonds. The Labute approximate surface area is 125 Å². The summed E-state index contributed by atoms with van der Waals surface area (Å²) in [5.41, 5.74) is 0.991. The van der Waals surface area contributed by atoms with Gasteiger partial charge in [0.05, 0.1) is 0 Å². The van der Waals surface area contributed by atoms with E-state index in [1.165, 1.54) is 32.1 Å². The molecule has 1 N–H and O–H groups in total. The van der Waals surface area contributed by atoms with Crippen molar-refractivity contribution < 1.29 is 13.5 Å². The highest BCUT2D eigenvalue weighted by Gasteiger charge is 2.18. The van der Waals surface area contributed by atoms with Gasteiger partial charge < -0.3 is 10.1 Å². The molecule has 2 nitrogen and oxygen atoms in total. The van der Waals surface area contributed by atoms with Crippen LogP contribution < -0.4 is 10.1 Å². The van der Waals surface area contributed by atoms with Gasteiger partial charge in [-0.05, 0) is 49.8 Å². The number of ether oxygens (including phenoxy) is 1. The zero-order valence-electron chi connectivity index (χ0n) is 12.8. The van der Waals surface area contributed by atoms with Gasteiger partial charge in [0.2, 0.25) is 0 Å². The Bertz CT molecular complexity index is 439. The quantitative estimate of drug-likeness (QED) is 0.780. The molecule has 1 aliphatic rings. The van der Waals surface area contributed by atoms with E-state index in [1.807, 2.05) is 6.07 Å². The third kappa shape index (κ3) is 5.27. The molecule has 0 bridgehead atoms. The van der Waals surface area contributed by atoms with Crippen LogP contribution in [-0.2, 0) is 0 Å². The van der Waals surface area contributed by atoms with Crippen LogP contribution in [-0.4, -0.2) is 12.7 Å². The first-order valence-corrected chi connectivity index (χ1v) is 7.85. The summed E-state index contributed by atoms with van der Waals surface area (Å²) in [6.07, 6.45) is 6.23. The number of alkyl halides is 2. The Balaban J connectivity index is 1.94. The van der Waals surface area contributed by atoms with Crippen molar-refractivity contribution in [2.45, 2.75) is 64.6 Å². The molecule has 0 aliphatic heterocycles. The lowest BCUT2D eigenvalue weighted by atomic mass is 10.0. The van der Waals surface area contributed by atoms with Gasteiger partial charge in [-0.15, -0.1) is 0 Å². The second-order valence-electron chi connectivity index (χ2n) is 6.15. The van der Waals surface area contributed by atoms with E-state index >= 15 is 0 Å². The van der Waals surface area contributed by atoms with E-state index < -0.39 is 6.61 Å². The van der Waals surface area contributed by atoms with Crippen LogP contribution in [0, 0.1) is 5.92 Å². The van der Waals surface area contributed by atoms with Crippen molar-refractivity contribution in [3.8, 4) is 5.75 Å². The third-order valence-electron chi connectivity index (χ3n) is 4.33. The predicted molar refractivity (Wildman–Crippen MR) is 80.7 cm³/mol. The van der Waals surface area contributed by atoms with Gasteiger partial charge in [0.25, 0.3) is 0 Å². The number of benzene rings is 1. The lowest BCUT2D eigenvalue weighted by Crippen LogP contribution is -2.31. The van der Waals surface area contributed by atoms with Crippen LogP contribution >= 0.6 is 0 Å². The summed E-state index contributed by atoms with van der Waals surface area (Å²) in [4.78, 5) is 0. The van der Waals surface area contributed by atoms with E-state index in [9.17, 15) is 8.78 Å². The smallest absolute Gasteiger partial charge is 0.387 e. The second kappa shape index (κ2) is 7.74. The summed E-state index contributed by atoms with van der Waals surface area (Å²) in [6.45, 7) is 1.62. The first-order chi connectivity index (χ1) is 10.0. The number of rotatable bonds is 5. The Morgan fingerprint density at radius 3 is 2.76 bits per heavy atom. The fraction of sp³-hybridized carbons (Fsp3) is 0.647. The number of hydrogen-bond acceptors (Lipinski definition) is 2. The van der Waals surface area contributed by atoms with E-state index in [2.05, 4.69) is 23.9 Å². The minimum Gasteiger partial charge on any atom is -0.435 e. The highest BCUT2D eigenvalue weighted by molar-refractivity contribution is 5.30. The zero-order chi connectivity index (χ0) is 15.2. The number of hydrogen-bond donors (Lipinski definition) is 1. The Morgan fingerprint density at radius 2 is 2.00 bits per heavy atom. The maximum Gasteiger partial charge on any atom is 0.387 e. The number of halogens is 2. The van der Waals surface area contributed by atoms with E-state index in [0.717, 1.165) is 11.5 Å².